The minimum atomic E-state index is 0.455. The molecule has 2 unspecified atom stereocenters. The fraction of sp³-hybridized carbons (Fsp3) is 0.667. The summed E-state index contributed by atoms with van der Waals surface area (Å²) in [5.41, 5.74) is 1.14. The van der Waals surface area contributed by atoms with E-state index in [0.717, 1.165) is 17.3 Å². The van der Waals surface area contributed by atoms with Crippen LogP contribution in [0.2, 0.25) is 0 Å². The lowest BCUT2D eigenvalue weighted by Gasteiger charge is -2.17. The average Bonchev–Trinajstić information content (AvgIpc) is 2.17. The Morgan fingerprint density at radius 1 is 1.40 bits per heavy atom. The average molecular weight is 207 g/mol. The Morgan fingerprint density at radius 3 is 2.73 bits per heavy atom. The van der Waals surface area contributed by atoms with E-state index in [4.69, 9.17) is 0 Å². The predicted molar refractivity (Wildman–Crippen MR) is 63.9 cm³/mol. The highest BCUT2D eigenvalue weighted by Gasteiger charge is 2.07. The Labute approximate surface area is 92.3 Å². The first-order chi connectivity index (χ1) is 7.11. The summed E-state index contributed by atoms with van der Waals surface area (Å²) in [5, 5.41) is 11.3. The van der Waals surface area contributed by atoms with Gasteiger partial charge < -0.3 is 5.32 Å². The predicted octanol–water partition coefficient (Wildman–Crippen LogP) is 3.02. The van der Waals surface area contributed by atoms with E-state index < -0.39 is 0 Å². The van der Waals surface area contributed by atoms with Crippen molar-refractivity contribution in [2.75, 3.05) is 5.32 Å². The molecule has 3 heteroatoms. The highest BCUT2D eigenvalue weighted by molar-refractivity contribution is 5.35. The van der Waals surface area contributed by atoms with Crippen molar-refractivity contribution in [1.82, 2.24) is 10.2 Å². The van der Waals surface area contributed by atoms with Crippen molar-refractivity contribution in [3.05, 3.63) is 17.8 Å². The molecule has 1 aromatic heterocycles. The summed E-state index contributed by atoms with van der Waals surface area (Å²) in [6, 6.07) is 2.48. The molecule has 3 nitrogen and oxygen atoms in total. The van der Waals surface area contributed by atoms with Gasteiger partial charge in [-0.1, -0.05) is 20.3 Å². The molecule has 0 aliphatic carbocycles. The van der Waals surface area contributed by atoms with Gasteiger partial charge in [-0.2, -0.15) is 5.10 Å². The van der Waals surface area contributed by atoms with E-state index >= 15 is 0 Å². The first kappa shape index (κ1) is 12.0. The molecule has 1 aromatic rings. The summed E-state index contributed by atoms with van der Waals surface area (Å²) in [6.45, 7) is 8.72. The highest BCUT2D eigenvalue weighted by Crippen LogP contribution is 2.13. The molecule has 1 rings (SSSR count). The second kappa shape index (κ2) is 5.69. The molecule has 0 bridgehead atoms. The Bertz CT molecular complexity index is 299. The molecule has 1 N–H and O–H groups in total. The molecular weight excluding hydrogens is 186 g/mol. The van der Waals surface area contributed by atoms with Gasteiger partial charge >= 0.3 is 0 Å². The molecule has 0 saturated carbocycles. The molecule has 0 aliphatic heterocycles. The van der Waals surface area contributed by atoms with Crippen LogP contribution in [0.4, 0.5) is 5.82 Å². The second-order valence-electron chi connectivity index (χ2n) is 4.41. The zero-order valence-electron chi connectivity index (χ0n) is 10.1. The maximum absolute atomic E-state index is 4.05. The normalized spacial score (nSPS) is 14.7. The van der Waals surface area contributed by atoms with Crippen LogP contribution >= 0.6 is 0 Å². The smallest absolute Gasteiger partial charge is 0.149 e. The van der Waals surface area contributed by atoms with Crippen LogP contribution in [0.25, 0.3) is 0 Å². The zero-order chi connectivity index (χ0) is 11.3. The molecule has 84 valence electrons. The maximum atomic E-state index is 4.05. The summed E-state index contributed by atoms with van der Waals surface area (Å²) in [6.07, 6.45) is 4.17. The van der Waals surface area contributed by atoms with Crippen molar-refractivity contribution in [3.8, 4) is 0 Å². The van der Waals surface area contributed by atoms with Gasteiger partial charge in [0.05, 0.1) is 6.20 Å². The SMILES string of the molecule is CCC(C)CC(C)Nc1cc(C)cnn1. The van der Waals surface area contributed by atoms with Crippen LogP contribution in [-0.4, -0.2) is 16.2 Å². The van der Waals surface area contributed by atoms with Crippen LogP contribution in [0.1, 0.15) is 39.2 Å². The lowest BCUT2D eigenvalue weighted by Crippen LogP contribution is -2.19. The zero-order valence-corrected chi connectivity index (χ0v) is 10.1. The maximum Gasteiger partial charge on any atom is 0.149 e. The van der Waals surface area contributed by atoms with Crippen molar-refractivity contribution in [2.24, 2.45) is 5.92 Å². The number of rotatable bonds is 5. The van der Waals surface area contributed by atoms with Gasteiger partial charge in [-0.25, -0.2) is 0 Å². The van der Waals surface area contributed by atoms with Crippen LogP contribution in [0.5, 0.6) is 0 Å². The number of aryl methyl sites for hydroxylation is 1. The Hall–Kier alpha value is -1.12. The van der Waals surface area contributed by atoms with Gasteiger partial charge in [0, 0.05) is 6.04 Å². The molecule has 1 heterocycles. The number of hydrogen-bond donors (Lipinski definition) is 1. The van der Waals surface area contributed by atoms with Crippen molar-refractivity contribution in [2.45, 2.75) is 46.6 Å². The van der Waals surface area contributed by atoms with E-state index in [1.807, 2.05) is 13.0 Å². The highest BCUT2D eigenvalue weighted by atomic mass is 15.2. The molecule has 15 heavy (non-hydrogen) atoms. The van der Waals surface area contributed by atoms with Gasteiger partial charge in [-0.3, -0.25) is 0 Å². The van der Waals surface area contributed by atoms with Crippen LogP contribution < -0.4 is 5.32 Å². The first-order valence-electron chi connectivity index (χ1n) is 5.67. The first-order valence-corrected chi connectivity index (χ1v) is 5.67. The fourth-order valence-corrected chi connectivity index (χ4v) is 1.62. The summed E-state index contributed by atoms with van der Waals surface area (Å²) in [7, 11) is 0. The summed E-state index contributed by atoms with van der Waals surface area (Å²) < 4.78 is 0. The molecule has 0 saturated heterocycles. The van der Waals surface area contributed by atoms with Crippen molar-refractivity contribution >= 4 is 5.82 Å². The number of anilines is 1. The van der Waals surface area contributed by atoms with Crippen LogP contribution in [0.15, 0.2) is 12.3 Å². The summed E-state index contributed by atoms with van der Waals surface area (Å²) in [5.74, 6) is 1.64. The van der Waals surface area contributed by atoms with Gasteiger partial charge in [0.15, 0.2) is 0 Å². The van der Waals surface area contributed by atoms with Crippen molar-refractivity contribution in [3.63, 3.8) is 0 Å². The molecule has 0 spiro atoms. The Balaban J connectivity index is 2.47. The number of aromatic nitrogens is 2. The fourth-order valence-electron chi connectivity index (χ4n) is 1.62. The van der Waals surface area contributed by atoms with E-state index in [2.05, 4.69) is 36.3 Å². The van der Waals surface area contributed by atoms with E-state index in [1.54, 1.807) is 6.20 Å². The third-order valence-electron chi connectivity index (χ3n) is 2.64. The van der Waals surface area contributed by atoms with Crippen LogP contribution in [0, 0.1) is 12.8 Å². The largest absolute Gasteiger partial charge is 0.366 e. The van der Waals surface area contributed by atoms with Gasteiger partial charge in [-0.05, 0) is 37.8 Å². The summed E-state index contributed by atoms with van der Waals surface area (Å²) >= 11 is 0. The number of hydrogen-bond acceptors (Lipinski definition) is 3. The van der Waals surface area contributed by atoms with E-state index in [9.17, 15) is 0 Å². The minimum absolute atomic E-state index is 0.455. The van der Waals surface area contributed by atoms with Crippen molar-refractivity contribution < 1.29 is 0 Å². The minimum Gasteiger partial charge on any atom is -0.366 e. The third-order valence-corrected chi connectivity index (χ3v) is 2.64. The Morgan fingerprint density at radius 2 is 2.13 bits per heavy atom. The van der Waals surface area contributed by atoms with Gasteiger partial charge in [0.25, 0.3) is 0 Å². The molecule has 0 amide bonds. The standard InChI is InChI=1S/C12H21N3/c1-5-9(2)6-11(4)14-12-7-10(3)8-13-15-12/h7-9,11H,5-6H2,1-4H3,(H,14,15). The van der Waals surface area contributed by atoms with E-state index in [-0.39, 0.29) is 0 Å². The Kier molecular flexibility index (Phi) is 4.53. The molecule has 0 fully saturated rings. The molecule has 0 radical (unpaired) electrons. The monoisotopic (exact) mass is 207 g/mol. The number of nitrogens with one attached hydrogen (secondary N) is 1. The molecule has 0 aliphatic rings. The van der Waals surface area contributed by atoms with E-state index in [0.29, 0.717) is 6.04 Å². The lowest BCUT2D eigenvalue weighted by atomic mass is 10.0. The lowest BCUT2D eigenvalue weighted by molar-refractivity contribution is 0.483. The quantitative estimate of drug-likeness (QED) is 0.806. The van der Waals surface area contributed by atoms with Gasteiger partial charge in [0.2, 0.25) is 0 Å². The van der Waals surface area contributed by atoms with Crippen LogP contribution in [0.3, 0.4) is 0 Å². The number of nitrogens with zero attached hydrogens (tertiary/aromatic N) is 2. The molecule has 0 aromatic carbocycles. The second-order valence-corrected chi connectivity index (χ2v) is 4.41. The molecule has 2 atom stereocenters. The van der Waals surface area contributed by atoms with Gasteiger partial charge in [-0.15, -0.1) is 5.10 Å². The van der Waals surface area contributed by atoms with Gasteiger partial charge in [0.1, 0.15) is 5.82 Å². The third kappa shape index (κ3) is 4.28. The molecular formula is C12H21N3. The van der Waals surface area contributed by atoms with E-state index in [1.165, 1.54) is 12.8 Å². The topological polar surface area (TPSA) is 37.8 Å². The summed E-state index contributed by atoms with van der Waals surface area (Å²) in [4.78, 5) is 0. The van der Waals surface area contributed by atoms with Crippen LogP contribution in [-0.2, 0) is 0 Å². The van der Waals surface area contributed by atoms with Crippen molar-refractivity contribution in [1.29, 1.82) is 0 Å².